The summed E-state index contributed by atoms with van der Waals surface area (Å²) in [7, 11) is 3.08. The van der Waals surface area contributed by atoms with E-state index < -0.39 is 23.5 Å². The molecule has 5 rings (SSSR count). The Labute approximate surface area is 319 Å². The van der Waals surface area contributed by atoms with Crippen LogP contribution in [0.3, 0.4) is 0 Å². The highest BCUT2D eigenvalue weighted by Crippen LogP contribution is 2.61. The zero-order valence-electron chi connectivity index (χ0n) is 32.0. The maximum atomic E-state index is 13.3. The number of nitrogens with zero attached hydrogens (tertiary/aromatic N) is 2. The summed E-state index contributed by atoms with van der Waals surface area (Å²) in [5.74, 6) is 0.658. The fraction of sp³-hybridized carbons (Fsp3) is 0.571. The van der Waals surface area contributed by atoms with Crippen molar-refractivity contribution < 1.29 is 38.8 Å². The number of oxime groups is 1. The third kappa shape index (κ3) is 9.60. The fourth-order valence-electron chi connectivity index (χ4n) is 8.12. The number of fused-ring (bicyclic) bond motifs is 2. The predicted molar refractivity (Wildman–Crippen MR) is 209 cm³/mol. The molecule has 2 aromatic carbocycles. The molecule has 290 valence electrons. The molecule has 1 aliphatic heterocycles. The average Bonchev–Trinajstić information content (AvgIpc) is 3.15. The van der Waals surface area contributed by atoms with E-state index in [9.17, 15) is 15.0 Å². The number of carbonyl (C=O) groups is 1. The van der Waals surface area contributed by atoms with Gasteiger partial charge in [-0.05, 0) is 94.2 Å². The van der Waals surface area contributed by atoms with Crippen LogP contribution in [0.4, 0.5) is 4.79 Å². The van der Waals surface area contributed by atoms with E-state index in [1.54, 1.807) is 29.8 Å². The van der Waals surface area contributed by atoms with Gasteiger partial charge >= 0.3 is 6.09 Å². The highest BCUT2D eigenvalue weighted by Gasteiger charge is 2.65. The third-order valence-corrected chi connectivity index (χ3v) is 11.3. The van der Waals surface area contributed by atoms with E-state index in [-0.39, 0.29) is 43.5 Å². The minimum absolute atomic E-state index is 0.120. The van der Waals surface area contributed by atoms with Gasteiger partial charge in [0.25, 0.3) is 0 Å². The minimum atomic E-state index is -1.32. The summed E-state index contributed by atoms with van der Waals surface area (Å²) in [5, 5.41) is 24.4. The Morgan fingerprint density at radius 3 is 2.51 bits per heavy atom. The molecule has 2 N–H and O–H groups in total. The second-order valence-corrected chi connectivity index (χ2v) is 16.2. The molecule has 53 heavy (non-hydrogen) atoms. The number of rotatable bonds is 18. The number of unbranched alkanes of at least 4 members (excludes halogenated alkanes) is 2. The van der Waals surface area contributed by atoms with Crippen molar-refractivity contribution in [3.63, 3.8) is 0 Å². The predicted octanol–water partition coefficient (Wildman–Crippen LogP) is 7.99. The molecule has 11 heteroatoms. The van der Waals surface area contributed by atoms with Crippen molar-refractivity contribution in [2.24, 2.45) is 22.9 Å². The number of benzene rings is 2. The van der Waals surface area contributed by atoms with Crippen LogP contribution in [-0.2, 0) is 14.3 Å². The number of allylic oxidation sites excluding steroid dienone is 1. The lowest BCUT2D eigenvalue weighted by Crippen LogP contribution is -2.69. The molecular formula is C42H58N2O8S. The quantitative estimate of drug-likeness (QED) is 0.0677. The molecule has 0 spiro atoms. The summed E-state index contributed by atoms with van der Waals surface area (Å²) in [6, 6.07) is 15.7. The highest BCUT2D eigenvalue weighted by atomic mass is 32.2. The van der Waals surface area contributed by atoms with Crippen LogP contribution < -0.4 is 9.47 Å². The van der Waals surface area contributed by atoms with Crippen LogP contribution >= 0.6 is 11.8 Å². The van der Waals surface area contributed by atoms with Crippen LogP contribution in [0.15, 0.2) is 82.9 Å². The number of aliphatic hydroxyl groups is 2. The monoisotopic (exact) mass is 750 g/mol. The SMILES string of the molecule is C=CCO[C@@]12Oc3ccc(OCCSc4ccccc4)cc3[C@H]3[C@H](CCCCO)[C@@H](CCCCO)C=C(C(=NOC(C)(C)C)C[C@@H]1N(C)C(=O)OC)[C@H]32. The molecule has 2 aromatic rings. The maximum Gasteiger partial charge on any atom is 0.409 e. The van der Waals surface area contributed by atoms with Gasteiger partial charge in [-0.3, -0.25) is 0 Å². The number of hydrogen-bond donors (Lipinski definition) is 2. The third-order valence-electron chi connectivity index (χ3n) is 10.4. The van der Waals surface area contributed by atoms with E-state index in [1.807, 2.05) is 51.1 Å². The zero-order chi connectivity index (χ0) is 38.0. The molecule has 1 heterocycles. The first kappa shape index (κ1) is 40.7. The Hall–Kier alpha value is -3.51. The van der Waals surface area contributed by atoms with Crippen LogP contribution in [0.5, 0.6) is 11.5 Å². The average molecular weight is 751 g/mol. The molecular weight excluding hydrogens is 693 g/mol. The van der Waals surface area contributed by atoms with Crippen LogP contribution in [0.1, 0.15) is 77.2 Å². The molecule has 0 radical (unpaired) electrons. The second kappa shape index (κ2) is 18.7. The lowest BCUT2D eigenvalue weighted by atomic mass is 9.55. The van der Waals surface area contributed by atoms with E-state index in [4.69, 9.17) is 28.9 Å². The molecule has 1 amide bonds. The van der Waals surface area contributed by atoms with Gasteiger partial charge in [-0.1, -0.05) is 48.3 Å². The van der Waals surface area contributed by atoms with Gasteiger partial charge in [0.15, 0.2) is 0 Å². The lowest BCUT2D eigenvalue weighted by molar-refractivity contribution is -0.253. The number of ether oxygens (including phenoxy) is 4. The van der Waals surface area contributed by atoms with E-state index in [0.717, 1.165) is 54.0 Å². The topological polar surface area (TPSA) is 119 Å². The Bertz CT molecular complexity index is 1580. The first-order chi connectivity index (χ1) is 25.6. The van der Waals surface area contributed by atoms with Gasteiger partial charge in [-0.15, -0.1) is 18.3 Å². The number of carbonyl (C=O) groups excluding carboxylic acids is 1. The van der Waals surface area contributed by atoms with Crippen LogP contribution in [-0.4, -0.2) is 90.7 Å². The normalized spacial score (nSPS) is 25.4. The summed E-state index contributed by atoms with van der Waals surface area (Å²) in [6.07, 6.45) is 8.67. The summed E-state index contributed by atoms with van der Waals surface area (Å²) < 4.78 is 25.7. The van der Waals surface area contributed by atoms with Gasteiger partial charge in [-0.2, -0.15) is 0 Å². The Morgan fingerprint density at radius 1 is 1.09 bits per heavy atom. The molecule has 3 aliphatic rings. The van der Waals surface area contributed by atoms with Crippen molar-refractivity contribution in [3.8, 4) is 11.5 Å². The van der Waals surface area contributed by atoms with Gasteiger partial charge in [0.1, 0.15) is 23.1 Å². The van der Waals surface area contributed by atoms with Gasteiger partial charge < -0.3 is 38.9 Å². The fourth-order valence-corrected chi connectivity index (χ4v) is 8.87. The molecule has 2 aliphatic carbocycles. The van der Waals surface area contributed by atoms with E-state index in [2.05, 4.69) is 30.9 Å². The van der Waals surface area contributed by atoms with Gasteiger partial charge in [0.2, 0.25) is 5.79 Å². The Morgan fingerprint density at radius 2 is 1.83 bits per heavy atom. The van der Waals surface area contributed by atoms with Crippen molar-refractivity contribution in [1.29, 1.82) is 0 Å². The second-order valence-electron chi connectivity index (χ2n) is 15.1. The Kier molecular flexibility index (Phi) is 14.3. The van der Waals surface area contributed by atoms with Crippen LogP contribution in [0.25, 0.3) is 0 Å². The van der Waals surface area contributed by atoms with Crippen molar-refractivity contribution in [1.82, 2.24) is 4.90 Å². The van der Waals surface area contributed by atoms with Crippen LogP contribution in [0, 0.1) is 17.8 Å². The number of likely N-dealkylation sites (N-methyl/N-ethyl adjacent to an activating group) is 1. The maximum absolute atomic E-state index is 13.3. The number of thioether (sulfide) groups is 1. The number of methoxy groups -OCH3 is 1. The number of hydrogen-bond acceptors (Lipinski definition) is 10. The number of aliphatic hydroxyl groups excluding tert-OH is 2. The van der Waals surface area contributed by atoms with E-state index >= 15 is 0 Å². The standard InChI is InChI=1S/C42H58N2O8S/c1-7-23-50-42-37(44(5)40(47)48-6)28-35(43-52-41(2,3)4)33-26-29(15-11-13-21-45)32(18-12-14-22-46)38(39(33)42)34-27-30(19-20-36(34)51-42)49-24-25-53-31-16-9-8-10-17-31/h7-10,16-17,19-20,26-27,29,32,37-39,45-46H,1,11-15,18,21-25,28H2,2-6H3/t29-,32+,37-,38+,39+,42+/m0/s1. The molecule has 1 fully saturated rings. The Balaban J connectivity index is 1.67. The lowest BCUT2D eigenvalue weighted by Gasteiger charge is -2.59. The first-order valence-corrected chi connectivity index (χ1v) is 19.9. The number of amides is 1. The minimum Gasteiger partial charge on any atom is -0.493 e. The van der Waals surface area contributed by atoms with Crippen LogP contribution in [0.2, 0.25) is 0 Å². The van der Waals surface area contributed by atoms with E-state index in [1.165, 1.54) is 12.0 Å². The molecule has 0 aromatic heterocycles. The largest absolute Gasteiger partial charge is 0.493 e. The van der Waals surface area contributed by atoms with Gasteiger partial charge in [0, 0.05) is 48.8 Å². The van der Waals surface area contributed by atoms with Gasteiger partial charge in [0.05, 0.1) is 32.0 Å². The molecule has 0 bridgehead atoms. The van der Waals surface area contributed by atoms with E-state index in [0.29, 0.717) is 31.6 Å². The highest BCUT2D eigenvalue weighted by molar-refractivity contribution is 7.99. The zero-order valence-corrected chi connectivity index (χ0v) is 32.8. The smallest absolute Gasteiger partial charge is 0.409 e. The van der Waals surface area contributed by atoms with Gasteiger partial charge in [-0.25, -0.2) is 4.79 Å². The summed E-state index contributed by atoms with van der Waals surface area (Å²) in [5.41, 5.74) is 2.20. The summed E-state index contributed by atoms with van der Waals surface area (Å²) >= 11 is 1.75. The molecule has 6 atom stereocenters. The first-order valence-electron chi connectivity index (χ1n) is 18.9. The molecule has 1 saturated carbocycles. The summed E-state index contributed by atoms with van der Waals surface area (Å²) in [4.78, 5) is 22.2. The molecule has 10 nitrogen and oxygen atoms in total. The molecule has 0 unspecified atom stereocenters. The molecule has 0 saturated heterocycles. The van der Waals surface area contributed by atoms with Crippen molar-refractivity contribution >= 4 is 23.6 Å². The van der Waals surface area contributed by atoms with Crippen molar-refractivity contribution in [2.75, 3.05) is 46.3 Å². The van der Waals surface area contributed by atoms with Crippen molar-refractivity contribution in [3.05, 3.63) is 78.4 Å². The summed E-state index contributed by atoms with van der Waals surface area (Å²) in [6.45, 7) is 10.8. The van der Waals surface area contributed by atoms with Crippen molar-refractivity contribution in [2.45, 2.75) is 94.0 Å².